The maximum Gasteiger partial charge on any atom is 0.225 e. The van der Waals surface area contributed by atoms with Crippen molar-refractivity contribution in [3.63, 3.8) is 0 Å². The molecule has 5 N–H and O–H groups in total. The molecule has 3 fully saturated rings. The average molecular weight is 237 g/mol. The van der Waals surface area contributed by atoms with Crippen LogP contribution in [0.5, 0.6) is 0 Å². The maximum atomic E-state index is 12.1. The molecule has 5 unspecified atom stereocenters. The van der Waals surface area contributed by atoms with Crippen molar-refractivity contribution in [3.05, 3.63) is 0 Å². The number of fused-ring (bicyclic) bond motifs is 2. The van der Waals surface area contributed by atoms with Crippen LogP contribution in [0.4, 0.5) is 0 Å². The third kappa shape index (κ3) is 2.08. The highest BCUT2D eigenvalue weighted by Gasteiger charge is 2.49. The Labute approximate surface area is 102 Å². The number of amides is 1. The summed E-state index contributed by atoms with van der Waals surface area (Å²) in [7, 11) is 0. The molecule has 96 valence electrons. The Balaban J connectivity index is 1.52. The van der Waals surface area contributed by atoms with Gasteiger partial charge in [-0.05, 0) is 49.9 Å². The molecule has 4 nitrogen and oxygen atoms in total. The van der Waals surface area contributed by atoms with Gasteiger partial charge in [0.05, 0.1) is 5.92 Å². The summed E-state index contributed by atoms with van der Waals surface area (Å²) in [5, 5.41) is 3.02. The first kappa shape index (κ1) is 11.5. The molecular weight excluding hydrogens is 214 g/mol. The van der Waals surface area contributed by atoms with E-state index in [1.807, 2.05) is 0 Å². The van der Waals surface area contributed by atoms with Crippen LogP contribution in [0.3, 0.4) is 0 Å². The fourth-order valence-corrected chi connectivity index (χ4v) is 3.75. The van der Waals surface area contributed by atoms with Crippen molar-refractivity contribution in [1.82, 2.24) is 5.32 Å². The van der Waals surface area contributed by atoms with Crippen LogP contribution in [0.2, 0.25) is 0 Å². The number of hydrogen-bond acceptors (Lipinski definition) is 3. The zero-order chi connectivity index (χ0) is 12.0. The Bertz CT molecular complexity index is 314. The molecule has 0 radical (unpaired) electrons. The molecule has 3 aliphatic rings. The van der Waals surface area contributed by atoms with Gasteiger partial charge in [0.25, 0.3) is 0 Å². The molecule has 0 saturated heterocycles. The highest BCUT2D eigenvalue weighted by Crippen LogP contribution is 2.47. The largest absolute Gasteiger partial charge is 0.354 e. The van der Waals surface area contributed by atoms with Crippen LogP contribution in [0.25, 0.3) is 0 Å². The smallest absolute Gasteiger partial charge is 0.225 e. The summed E-state index contributed by atoms with van der Waals surface area (Å²) >= 11 is 0. The molecule has 17 heavy (non-hydrogen) atoms. The van der Waals surface area contributed by atoms with Gasteiger partial charge in [0, 0.05) is 18.6 Å². The Kier molecular flexibility index (Phi) is 2.87. The van der Waals surface area contributed by atoms with E-state index in [-0.39, 0.29) is 23.9 Å². The normalized spacial score (nSPS) is 41.5. The van der Waals surface area contributed by atoms with E-state index in [0.717, 1.165) is 6.42 Å². The quantitative estimate of drug-likeness (QED) is 0.654. The maximum absolute atomic E-state index is 12.1. The predicted molar refractivity (Wildman–Crippen MR) is 66.0 cm³/mol. The zero-order valence-corrected chi connectivity index (χ0v) is 10.3. The van der Waals surface area contributed by atoms with Gasteiger partial charge in [-0.2, -0.15) is 0 Å². The van der Waals surface area contributed by atoms with Crippen LogP contribution in [0, 0.1) is 23.7 Å². The van der Waals surface area contributed by atoms with Gasteiger partial charge in [0.1, 0.15) is 0 Å². The Hall–Kier alpha value is -0.610. The molecule has 4 heteroatoms. The molecule has 0 aromatic heterocycles. The van der Waals surface area contributed by atoms with Crippen molar-refractivity contribution < 1.29 is 4.79 Å². The lowest BCUT2D eigenvalue weighted by Gasteiger charge is -2.27. The second-order valence-corrected chi connectivity index (χ2v) is 6.18. The second-order valence-electron chi connectivity index (χ2n) is 6.18. The Morgan fingerprint density at radius 2 is 1.94 bits per heavy atom. The Morgan fingerprint density at radius 1 is 1.24 bits per heavy atom. The van der Waals surface area contributed by atoms with Crippen LogP contribution < -0.4 is 16.8 Å². The van der Waals surface area contributed by atoms with E-state index in [1.54, 1.807) is 0 Å². The van der Waals surface area contributed by atoms with Gasteiger partial charge >= 0.3 is 0 Å². The summed E-state index contributed by atoms with van der Waals surface area (Å²) in [6.07, 6.45) is 6.02. The summed E-state index contributed by atoms with van der Waals surface area (Å²) in [5.41, 5.74) is 12.1. The van der Waals surface area contributed by atoms with E-state index in [1.165, 1.54) is 25.7 Å². The number of carbonyl (C=O) groups is 1. The first-order valence-electron chi connectivity index (χ1n) is 6.95. The van der Waals surface area contributed by atoms with E-state index in [0.29, 0.717) is 24.3 Å². The molecular formula is C13H23N3O. The molecule has 2 bridgehead atoms. The van der Waals surface area contributed by atoms with Crippen molar-refractivity contribution in [1.29, 1.82) is 0 Å². The molecule has 3 saturated carbocycles. The van der Waals surface area contributed by atoms with Gasteiger partial charge in [-0.1, -0.05) is 0 Å². The molecule has 5 atom stereocenters. The van der Waals surface area contributed by atoms with Crippen LogP contribution >= 0.6 is 0 Å². The first-order chi connectivity index (χ1) is 8.16. The highest BCUT2D eigenvalue weighted by molar-refractivity contribution is 5.80. The lowest BCUT2D eigenvalue weighted by Crippen LogP contribution is -2.48. The second kappa shape index (κ2) is 4.25. The summed E-state index contributed by atoms with van der Waals surface area (Å²) in [5.74, 6) is 1.98. The number of rotatable bonds is 4. The van der Waals surface area contributed by atoms with Gasteiger partial charge in [-0.25, -0.2) is 0 Å². The molecule has 3 aliphatic carbocycles. The number of nitrogens with one attached hydrogen (secondary N) is 1. The third-order valence-corrected chi connectivity index (χ3v) is 5.02. The number of hydrogen-bond donors (Lipinski definition) is 3. The zero-order valence-electron chi connectivity index (χ0n) is 10.3. The van der Waals surface area contributed by atoms with E-state index < -0.39 is 0 Å². The number of nitrogens with two attached hydrogens (primary N) is 2. The summed E-state index contributed by atoms with van der Waals surface area (Å²) in [4.78, 5) is 12.1. The SMILES string of the molecule is NC(CNC(=O)C1C2CCC(C2)C1N)C1CC1. The molecule has 0 heterocycles. The summed E-state index contributed by atoms with van der Waals surface area (Å²) in [6, 6.07) is 0.236. The molecule has 0 spiro atoms. The fraction of sp³-hybridized carbons (Fsp3) is 0.923. The monoisotopic (exact) mass is 237 g/mol. The van der Waals surface area contributed by atoms with Gasteiger partial charge < -0.3 is 16.8 Å². The van der Waals surface area contributed by atoms with Crippen LogP contribution in [0.1, 0.15) is 32.1 Å². The summed E-state index contributed by atoms with van der Waals surface area (Å²) in [6.45, 7) is 0.629. The van der Waals surface area contributed by atoms with Gasteiger partial charge in [0.15, 0.2) is 0 Å². The van der Waals surface area contributed by atoms with E-state index in [4.69, 9.17) is 11.5 Å². The summed E-state index contributed by atoms with van der Waals surface area (Å²) < 4.78 is 0. The van der Waals surface area contributed by atoms with Crippen molar-refractivity contribution in [2.75, 3.05) is 6.54 Å². The third-order valence-electron chi connectivity index (χ3n) is 5.02. The van der Waals surface area contributed by atoms with Crippen molar-refractivity contribution in [2.24, 2.45) is 35.1 Å². The fourth-order valence-electron chi connectivity index (χ4n) is 3.75. The minimum absolute atomic E-state index is 0.0557. The lowest BCUT2D eigenvalue weighted by molar-refractivity contribution is -0.127. The van der Waals surface area contributed by atoms with Gasteiger partial charge in [-0.15, -0.1) is 0 Å². The minimum Gasteiger partial charge on any atom is -0.354 e. The lowest BCUT2D eigenvalue weighted by atomic mass is 9.84. The van der Waals surface area contributed by atoms with Crippen LogP contribution in [-0.4, -0.2) is 24.5 Å². The topological polar surface area (TPSA) is 81.1 Å². The molecule has 0 aliphatic heterocycles. The number of carbonyl (C=O) groups excluding carboxylic acids is 1. The van der Waals surface area contributed by atoms with Gasteiger partial charge in [-0.3, -0.25) is 4.79 Å². The highest BCUT2D eigenvalue weighted by atomic mass is 16.1. The predicted octanol–water partition coefficient (Wildman–Crippen LogP) is 0.213. The first-order valence-corrected chi connectivity index (χ1v) is 6.95. The van der Waals surface area contributed by atoms with Crippen molar-refractivity contribution in [2.45, 2.75) is 44.2 Å². The van der Waals surface area contributed by atoms with Crippen LogP contribution in [-0.2, 0) is 4.79 Å². The average Bonchev–Trinajstić information content (AvgIpc) is 2.99. The van der Waals surface area contributed by atoms with E-state index >= 15 is 0 Å². The standard InChI is InChI=1S/C13H23N3O/c14-10(7-1-2-7)6-16-13(17)11-8-3-4-9(5-8)12(11)15/h7-12H,1-6,14-15H2,(H,16,17). The molecule has 3 rings (SSSR count). The van der Waals surface area contributed by atoms with Crippen LogP contribution in [0.15, 0.2) is 0 Å². The van der Waals surface area contributed by atoms with E-state index in [9.17, 15) is 4.79 Å². The van der Waals surface area contributed by atoms with Gasteiger partial charge in [0.2, 0.25) is 5.91 Å². The molecule has 0 aromatic carbocycles. The van der Waals surface area contributed by atoms with Crippen molar-refractivity contribution in [3.8, 4) is 0 Å². The molecule has 1 amide bonds. The Morgan fingerprint density at radius 3 is 2.53 bits per heavy atom. The van der Waals surface area contributed by atoms with Crippen molar-refractivity contribution >= 4 is 5.91 Å². The molecule has 0 aromatic rings. The minimum atomic E-state index is 0.0557. The van der Waals surface area contributed by atoms with E-state index in [2.05, 4.69) is 5.32 Å².